The van der Waals surface area contributed by atoms with Gasteiger partial charge < -0.3 is 10.2 Å². The van der Waals surface area contributed by atoms with Crippen LogP contribution in [0.1, 0.15) is 24.7 Å². The normalized spacial score (nSPS) is 16.9. The predicted molar refractivity (Wildman–Crippen MR) is 117 cm³/mol. The molecule has 0 spiro atoms. The first-order valence-electron chi connectivity index (χ1n) is 10.6. The zero-order valence-corrected chi connectivity index (χ0v) is 17.9. The summed E-state index contributed by atoms with van der Waals surface area (Å²) in [7, 11) is 0. The topological polar surface area (TPSA) is 41.1 Å². The highest BCUT2D eigenvalue weighted by molar-refractivity contribution is 5.89. The lowest BCUT2D eigenvalue weighted by atomic mass is 9.97. The first-order valence-corrected chi connectivity index (χ1v) is 10.6. The summed E-state index contributed by atoms with van der Waals surface area (Å²) >= 11 is 0. The van der Waals surface area contributed by atoms with E-state index in [2.05, 4.69) is 15.3 Å². The van der Waals surface area contributed by atoms with Crippen molar-refractivity contribution in [1.29, 1.82) is 0 Å². The van der Waals surface area contributed by atoms with E-state index in [0.717, 1.165) is 17.5 Å². The predicted octanol–water partition coefficient (Wildman–Crippen LogP) is 5.47. The Balaban J connectivity index is 2.01. The summed E-state index contributed by atoms with van der Waals surface area (Å²) in [4.78, 5) is 9.87. The van der Waals surface area contributed by atoms with Gasteiger partial charge in [0.2, 0.25) is 5.82 Å². The van der Waals surface area contributed by atoms with Crippen LogP contribution in [0.25, 0.3) is 22.4 Å². The Morgan fingerprint density at radius 1 is 1.06 bits per heavy atom. The number of nitrogens with zero attached hydrogens (tertiary/aromatic N) is 3. The molecule has 168 valence electrons. The molecule has 1 unspecified atom stereocenters. The first kappa shape index (κ1) is 22.2. The quantitative estimate of drug-likeness (QED) is 0.542. The molecule has 2 heterocycles. The second kappa shape index (κ2) is 8.86. The molecular weight excluding hydrogens is 420 g/mol. The number of rotatable bonds is 4. The van der Waals surface area contributed by atoms with Crippen LogP contribution in [0.3, 0.4) is 0 Å². The van der Waals surface area contributed by atoms with Crippen molar-refractivity contribution in [2.45, 2.75) is 32.5 Å². The third-order valence-corrected chi connectivity index (χ3v) is 5.62. The van der Waals surface area contributed by atoms with Crippen LogP contribution in [0, 0.1) is 12.7 Å². The van der Waals surface area contributed by atoms with E-state index in [-0.39, 0.29) is 17.6 Å². The van der Waals surface area contributed by atoms with Crippen LogP contribution in [0.2, 0.25) is 0 Å². The number of aromatic nitrogens is 2. The van der Waals surface area contributed by atoms with Crippen LogP contribution in [0.5, 0.6) is 0 Å². The molecule has 2 aromatic carbocycles. The minimum Gasteiger partial charge on any atom is -0.353 e. The molecule has 3 aromatic rings. The number of alkyl halides is 3. The fraction of sp³-hybridized carbons (Fsp3) is 0.333. The average molecular weight is 444 g/mol. The molecule has 0 bridgehead atoms. The van der Waals surface area contributed by atoms with Gasteiger partial charge in [0.05, 0.1) is 11.3 Å². The fourth-order valence-corrected chi connectivity index (χ4v) is 3.98. The fourth-order valence-electron chi connectivity index (χ4n) is 3.98. The number of piperazine rings is 1. The zero-order valence-electron chi connectivity index (χ0n) is 17.9. The molecule has 0 saturated carbocycles. The first-order chi connectivity index (χ1) is 15.3. The molecule has 1 fully saturated rings. The van der Waals surface area contributed by atoms with Crippen molar-refractivity contribution < 1.29 is 17.6 Å². The van der Waals surface area contributed by atoms with Gasteiger partial charge in [-0.2, -0.15) is 13.2 Å². The van der Waals surface area contributed by atoms with Crippen molar-refractivity contribution in [2.75, 3.05) is 24.5 Å². The highest BCUT2D eigenvalue weighted by Gasteiger charge is 2.38. The van der Waals surface area contributed by atoms with Gasteiger partial charge in [-0.1, -0.05) is 36.8 Å². The molecule has 1 aliphatic rings. The summed E-state index contributed by atoms with van der Waals surface area (Å²) in [5.41, 5.74) is 2.74. The van der Waals surface area contributed by atoms with Gasteiger partial charge >= 0.3 is 6.18 Å². The van der Waals surface area contributed by atoms with Gasteiger partial charge in [0.15, 0.2) is 0 Å². The van der Waals surface area contributed by atoms with E-state index in [0.29, 0.717) is 30.8 Å². The number of hydrogen-bond donors (Lipinski definition) is 1. The lowest BCUT2D eigenvalue weighted by molar-refractivity contribution is -0.144. The van der Waals surface area contributed by atoms with Crippen LogP contribution < -0.4 is 10.2 Å². The van der Waals surface area contributed by atoms with Gasteiger partial charge in [0.1, 0.15) is 11.6 Å². The van der Waals surface area contributed by atoms with Crippen molar-refractivity contribution in [2.24, 2.45) is 0 Å². The zero-order chi connectivity index (χ0) is 22.9. The Kier molecular flexibility index (Phi) is 6.15. The standard InChI is InChI=1S/C24H24F4N4/c1-3-19-14-32(12-11-29-19)22-20(17-6-4-5-15(2)13-17)21(16-7-9-18(25)10-8-16)30-23(31-22)24(26,27)28/h4-10,13,19,29H,3,11-12,14H2,1-2H3. The van der Waals surface area contributed by atoms with Gasteiger partial charge in [0.25, 0.3) is 0 Å². The highest BCUT2D eigenvalue weighted by Crippen LogP contribution is 2.41. The van der Waals surface area contributed by atoms with Crippen molar-refractivity contribution >= 4 is 5.82 Å². The van der Waals surface area contributed by atoms with Gasteiger partial charge in [-0.25, -0.2) is 14.4 Å². The SMILES string of the molecule is CCC1CN(c2nc(C(F)(F)F)nc(-c3ccc(F)cc3)c2-c2cccc(C)c2)CCN1. The minimum atomic E-state index is -4.72. The summed E-state index contributed by atoms with van der Waals surface area (Å²) < 4.78 is 55.0. The van der Waals surface area contributed by atoms with Crippen LogP contribution in [-0.4, -0.2) is 35.6 Å². The molecule has 1 saturated heterocycles. The maximum Gasteiger partial charge on any atom is 0.451 e. The van der Waals surface area contributed by atoms with Crippen molar-refractivity contribution in [3.8, 4) is 22.4 Å². The van der Waals surface area contributed by atoms with Crippen LogP contribution in [0.4, 0.5) is 23.4 Å². The molecule has 0 aliphatic carbocycles. The summed E-state index contributed by atoms with van der Waals surface area (Å²) in [6, 6.07) is 13.0. The van der Waals surface area contributed by atoms with E-state index in [1.807, 2.05) is 43.0 Å². The van der Waals surface area contributed by atoms with E-state index in [4.69, 9.17) is 0 Å². The molecule has 1 atom stereocenters. The molecular formula is C24H24F4N4. The van der Waals surface area contributed by atoms with Crippen molar-refractivity contribution in [1.82, 2.24) is 15.3 Å². The molecule has 4 nitrogen and oxygen atoms in total. The largest absolute Gasteiger partial charge is 0.451 e. The van der Waals surface area contributed by atoms with Crippen LogP contribution in [0.15, 0.2) is 48.5 Å². The average Bonchev–Trinajstić information content (AvgIpc) is 2.78. The van der Waals surface area contributed by atoms with Gasteiger partial charge in [-0.05, 0) is 43.2 Å². The third kappa shape index (κ3) is 4.60. The molecule has 0 amide bonds. The molecule has 8 heteroatoms. The number of aryl methyl sites for hydroxylation is 1. The van der Waals surface area contributed by atoms with Gasteiger partial charge in [0, 0.05) is 31.2 Å². The monoisotopic (exact) mass is 444 g/mol. The second-order valence-electron chi connectivity index (χ2n) is 7.97. The highest BCUT2D eigenvalue weighted by atomic mass is 19.4. The number of halogens is 4. The Hall–Kier alpha value is -3.00. The van der Waals surface area contributed by atoms with Crippen molar-refractivity contribution in [3.05, 3.63) is 65.7 Å². The van der Waals surface area contributed by atoms with Crippen LogP contribution >= 0.6 is 0 Å². The van der Waals surface area contributed by atoms with E-state index in [1.165, 1.54) is 24.3 Å². The Bertz CT molecular complexity index is 1100. The van der Waals surface area contributed by atoms with E-state index < -0.39 is 17.8 Å². The number of hydrogen-bond acceptors (Lipinski definition) is 4. The molecule has 1 aliphatic heterocycles. The lowest BCUT2D eigenvalue weighted by Crippen LogP contribution is -2.51. The molecule has 32 heavy (non-hydrogen) atoms. The smallest absolute Gasteiger partial charge is 0.353 e. The lowest BCUT2D eigenvalue weighted by Gasteiger charge is -2.35. The minimum absolute atomic E-state index is 0.138. The second-order valence-corrected chi connectivity index (χ2v) is 7.97. The summed E-state index contributed by atoms with van der Waals surface area (Å²) in [6.45, 7) is 5.65. The number of benzene rings is 2. The van der Waals surface area contributed by atoms with Crippen LogP contribution in [-0.2, 0) is 6.18 Å². The van der Waals surface area contributed by atoms with E-state index in [1.54, 1.807) is 0 Å². The molecule has 1 aromatic heterocycles. The third-order valence-electron chi connectivity index (χ3n) is 5.62. The summed E-state index contributed by atoms with van der Waals surface area (Å²) in [5.74, 6) is -1.42. The summed E-state index contributed by atoms with van der Waals surface area (Å²) in [5, 5.41) is 3.39. The van der Waals surface area contributed by atoms with E-state index >= 15 is 0 Å². The Morgan fingerprint density at radius 3 is 2.47 bits per heavy atom. The molecule has 4 rings (SSSR count). The number of anilines is 1. The Labute approximate surface area is 184 Å². The molecule has 1 N–H and O–H groups in total. The number of nitrogens with one attached hydrogen (secondary N) is 1. The summed E-state index contributed by atoms with van der Waals surface area (Å²) in [6.07, 6.45) is -3.87. The van der Waals surface area contributed by atoms with Gasteiger partial charge in [-0.15, -0.1) is 0 Å². The maximum atomic E-state index is 13.8. The van der Waals surface area contributed by atoms with Crippen molar-refractivity contribution in [3.63, 3.8) is 0 Å². The van der Waals surface area contributed by atoms with Gasteiger partial charge in [-0.3, -0.25) is 0 Å². The maximum absolute atomic E-state index is 13.8. The molecule has 0 radical (unpaired) electrons. The Morgan fingerprint density at radius 2 is 1.81 bits per heavy atom. The van der Waals surface area contributed by atoms with E-state index in [9.17, 15) is 17.6 Å².